The summed E-state index contributed by atoms with van der Waals surface area (Å²) >= 11 is 1.78. The molecule has 0 aliphatic heterocycles. The molecule has 0 aromatic carbocycles. The zero-order valence-corrected chi connectivity index (χ0v) is 17.3. The predicted octanol–water partition coefficient (Wildman–Crippen LogP) is 2.89. The summed E-state index contributed by atoms with van der Waals surface area (Å²) in [6, 6.07) is 4.24. The van der Waals surface area contributed by atoms with Crippen LogP contribution in [0.25, 0.3) is 0 Å². The molecule has 4 nitrogen and oxygen atoms in total. The fourth-order valence-corrected chi connectivity index (χ4v) is 3.27. The van der Waals surface area contributed by atoms with Gasteiger partial charge in [0.1, 0.15) is 0 Å². The van der Waals surface area contributed by atoms with Gasteiger partial charge in [-0.25, -0.2) is 0 Å². The number of nitrogens with one attached hydrogen (secondary N) is 2. The molecule has 2 N–H and O–H groups in total. The molecule has 0 aliphatic rings. The second-order valence-electron chi connectivity index (χ2n) is 5.53. The van der Waals surface area contributed by atoms with E-state index in [9.17, 15) is 4.21 Å². The van der Waals surface area contributed by atoms with Crippen molar-refractivity contribution in [1.82, 2.24) is 10.6 Å². The molecule has 1 aromatic heterocycles. The van der Waals surface area contributed by atoms with E-state index >= 15 is 0 Å². The van der Waals surface area contributed by atoms with Crippen LogP contribution >= 0.6 is 35.3 Å². The molecule has 0 spiro atoms. The van der Waals surface area contributed by atoms with Gasteiger partial charge in [-0.05, 0) is 39.8 Å². The van der Waals surface area contributed by atoms with Gasteiger partial charge in [0.15, 0.2) is 5.96 Å². The molecule has 7 heteroatoms. The number of aryl methyl sites for hydroxylation is 1. The predicted molar refractivity (Wildman–Crippen MR) is 105 cm³/mol. The van der Waals surface area contributed by atoms with Gasteiger partial charge in [0, 0.05) is 44.6 Å². The Morgan fingerprint density at radius 3 is 2.48 bits per heavy atom. The zero-order chi connectivity index (χ0) is 15.2. The molecule has 0 saturated heterocycles. The van der Waals surface area contributed by atoms with Crippen molar-refractivity contribution in [2.45, 2.75) is 39.0 Å². The first-order valence-electron chi connectivity index (χ1n) is 6.71. The smallest absolute Gasteiger partial charge is 0.191 e. The summed E-state index contributed by atoms with van der Waals surface area (Å²) in [4.78, 5) is 6.76. The number of nitrogens with zero attached hydrogens (tertiary/aromatic N) is 1. The summed E-state index contributed by atoms with van der Waals surface area (Å²) in [6.07, 6.45) is 0. The minimum absolute atomic E-state index is 0. The first-order valence-corrected chi connectivity index (χ1v) is 8.85. The SMILES string of the molecule is CN=C(NCCS(=O)C(C)(C)C)NCc1ccc(C)s1.I. The molecule has 0 bridgehead atoms. The summed E-state index contributed by atoms with van der Waals surface area (Å²) in [5, 5.41) is 6.46. The fourth-order valence-electron chi connectivity index (χ4n) is 1.54. The summed E-state index contributed by atoms with van der Waals surface area (Å²) in [5.41, 5.74) is 0. The van der Waals surface area contributed by atoms with E-state index in [0.29, 0.717) is 12.3 Å². The van der Waals surface area contributed by atoms with Crippen molar-refractivity contribution in [2.24, 2.45) is 4.99 Å². The van der Waals surface area contributed by atoms with Gasteiger partial charge in [-0.1, -0.05) is 0 Å². The van der Waals surface area contributed by atoms with Crippen LogP contribution in [0.2, 0.25) is 0 Å². The van der Waals surface area contributed by atoms with Crippen molar-refractivity contribution in [1.29, 1.82) is 0 Å². The van der Waals surface area contributed by atoms with Crippen molar-refractivity contribution >= 4 is 52.1 Å². The van der Waals surface area contributed by atoms with Crippen molar-refractivity contribution < 1.29 is 4.21 Å². The molecule has 122 valence electrons. The van der Waals surface area contributed by atoms with Gasteiger partial charge < -0.3 is 10.6 Å². The Morgan fingerprint density at radius 1 is 1.33 bits per heavy atom. The fraction of sp³-hybridized carbons (Fsp3) is 0.643. The van der Waals surface area contributed by atoms with Crippen molar-refractivity contribution in [3.05, 3.63) is 21.9 Å². The highest BCUT2D eigenvalue weighted by atomic mass is 127. The maximum Gasteiger partial charge on any atom is 0.191 e. The molecule has 21 heavy (non-hydrogen) atoms. The first kappa shape index (κ1) is 20.9. The number of thiophene rings is 1. The van der Waals surface area contributed by atoms with Crippen molar-refractivity contribution in [3.63, 3.8) is 0 Å². The lowest BCUT2D eigenvalue weighted by Crippen LogP contribution is -2.39. The zero-order valence-electron chi connectivity index (χ0n) is 13.4. The van der Waals surface area contributed by atoms with E-state index in [-0.39, 0.29) is 28.7 Å². The third-order valence-corrected chi connectivity index (χ3v) is 5.65. The van der Waals surface area contributed by atoms with Crippen LogP contribution in [-0.2, 0) is 17.3 Å². The number of aliphatic imine (C=N–C) groups is 1. The third kappa shape index (κ3) is 8.15. The van der Waals surface area contributed by atoms with E-state index in [1.165, 1.54) is 9.75 Å². The Morgan fingerprint density at radius 2 is 2.00 bits per heavy atom. The van der Waals surface area contributed by atoms with Crippen LogP contribution in [0.5, 0.6) is 0 Å². The van der Waals surface area contributed by atoms with Crippen LogP contribution in [0.15, 0.2) is 17.1 Å². The van der Waals surface area contributed by atoms with Crippen molar-refractivity contribution in [2.75, 3.05) is 19.3 Å². The van der Waals surface area contributed by atoms with Crippen LogP contribution in [0.1, 0.15) is 30.5 Å². The molecule has 0 amide bonds. The average molecular weight is 443 g/mol. The van der Waals surface area contributed by atoms with Gasteiger partial charge in [-0.3, -0.25) is 9.20 Å². The normalized spacial score (nSPS) is 13.5. The van der Waals surface area contributed by atoms with E-state index in [1.54, 1.807) is 18.4 Å². The summed E-state index contributed by atoms with van der Waals surface area (Å²) in [6.45, 7) is 9.51. The van der Waals surface area contributed by atoms with Crippen LogP contribution < -0.4 is 10.6 Å². The van der Waals surface area contributed by atoms with Crippen LogP contribution in [-0.4, -0.2) is 34.3 Å². The largest absolute Gasteiger partial charge is 0.355 e. The molecule has 1 heterocycles. The number of rotatable bonds is 5. The number of guanidine groups is 1. The van der Waals surface area contributed by atoms with Gasteiger partial charge in [0.2, 0.25) is 0 Å². The van der Waals surface area contributed by atoms with Gasteiger partial charge in [0.25, 0.3) is 0 Å². The maximum absolute atomic E-state index is 11.9. The van der Waals surface area contributed by atoms with E-state index in [0.717, 1.165) is 12.5 Å². The summed E-state index contributed by atoms with van der Waals surface area (Å²) < 4.78 is 11.8. The van der Waals surface area contributed by atoms with Crippen LogP contribution in [0, 0.1) is 6.92 Å². The average Bonchev–Trinajstić information content (AvgIpc) is 2.78. The van der Waals surface area contributed by atoms with Gasteiger partial charge in [-0.15, -0.1) is 35.3 Å². The molecular formula is C14H26IN3OS2. The second kappa shape index (κ2) is 9.78. The first-order chi connectivity index (χ1) is 9.32. The standard InChI is InChI=1S/C14H25N3OS2.HI/c1-11-6-7-12(19-11)10-17-13(15-5)16-8-9-20(18)14(2,3)4;/h6-7H,8-10H2,1-5H3,(H2,15,16,17);1H. The topological polar surface area (TPSA) is 53.5 Å². The van der Waals surface area contributed by atoms with E-state index < -0.39 is 10.8 Å². The van der Waals surface area contributed by atoms with E-state index in [4.69, 9.17) is 0 Å². The second-order valence-corrected chi connectivity index (χ2v) is 9.22. The lowest BCUT2D eigenvalue weighted by atomic mass is 10.3. The molecule has 0 fully saturated rings. The van der Waals surface area contributed by atoms with E-state index in [2.05, 4.69) is 34.7 Å². The lowest BCUT2D eigenvalue weighted by Gasteiger charge is -2.18. The molecule has 0 saturated carbocycles. The lowest BCUT2D eigenvalue weighted by molar-refractivity contribution is 0.647. The molecule has 1 unspecified atom stereocenters. The third-order valence-electron chi connectivity index (χ3n) is 2.71. The maximum atomic E-state index is 11.9. The molecule has 0 radical (unpaired) electrons. The van der Waals surface area contributed by atoms with Crippen LogP contribution in [0.4, 0.5) is 0 Å². The van der Waals surface area contributed by atoms with Gasteiger partial charge >= 0.3 is 0 Å². The summed E-state index contributed by atoms with van der Waals surface area (Å²) in [7, 11) is 0.910. The monoisotopic (exact) mass is 443 g/mol. The minimum Gasteiger partial charge on any atom is -0.355 e. The van der Waals surface area contributed by atoms with E-state index in [1.807, 2.05) is 20.8 Å². The Balaban J connectivity index is 0.00000400. The molecule has 0 aliphatic carbocycles. The van der Waals surface area contributed by atoms with Gasteiger partial charge in [-0.2, -0.15) is 0 Å². The molecule has 1 rings (SSSR count). The Hall–Kier alpha value is -0.150. The Bertz CT molecular complexity index is 481. The molecule has 1 aromatic rings. The number of hydrogen-bond donors (Lipinski definition) is 2. The summed E-state index contributed by atoms with van der Waals surface area (Å²) in [5.74, 6) is 1.38. The Kier molecular flexibility index (Phi) is 9.71. The van der Waals surface area contributed by atoms with Crippen molar-refractivity contribution in [3.8, 4) is 0 Å². The highest BCUT2D eigenvalue weighted by Crippen LogP contribution is 2.14. The minimum atomic E-state index is -0.836. The number of hydrogen-bond acceptors (Lipinski definition) is 3. The highest BCUT2D eigenvalue weighted by molar-refractivity contribution is 14.0. The highest BCUT2D eigenvalue weighted by Gasteiger charge is 2.18. The Labute approximate surface area is 151 Å². The van der Waals surface area contributed by atoms with Gasteiger partial charge in [0.05, 0.1) is 6.54 Å². The molecule has 1 atom stereocenters. The van der Waals surface area contributed by atoms with Crippen LogP contribution in [0.3, 0.4) is 0 Å². The molecular weight excluding hydrogens is 417 g/mol. The number of halogens is 1. The quantitative estimate of drug-likeness (QED) is 0.418.